The number of hydrogen-bond donors (Lipinski definition) is 3. The Hall–Kier alpha value is -1.56. The van der Waals surface area contributed by atoms with Gasteiger partial charge in [-0.05, 0) is 73.3 Å². The summed E-state index contributed by atoms with van der Waals surface area (Å²) in [6.07, 6.45) is 8.84. The van der Waals surface area contributed by atoms with Crippen LogP contribution in [-0.2, 0) is 9.59 Å². The van der Waals surface area contributed by atoms with E-state index in [1.54, 1.807) is 0 Å². The van der Waals surface area contributed by atoms with Crippen LogP contribution in [0.25, 0.3) is 0 Å². The van der Waals surface area contributed by atoms with Crippen LogP contribution in [-0.4, -0.2) is 44.7 Å². The number of rotatable bonds is 5. The highest BCUT2D eigenvalue weighted by Gasteiger charge is 2.63. The lowest BCUT2D eigenvalue weighted by molar-refractivity contribution is -0.141. The lowest BCUT2D eigenvalue weighted by atomic mass is 9.53. The highest BCUT2D eigenvalue weighted by Crippen LogP contribution is 2.67. The van der Waals surface area contributed by atoms with E-state index in [4.69, 9.17) is 0 Å². The first-order valence-corrected chi connectivity index (χ1v) is 13.3. The van der Waals surface area contributed by atoms with Gasteiger partial charge in [0.05, 0.1) is 11.7 Å². The normalized spacial score (nSPS) is 38.2. The summed E-state index contributed by atoms with van der Waals surface area (Å²) in [6, 6.07) is 0. The minimum atomic E-state index is -1.50. The number of carbonyl (C=O) groups is 2. The van der Waals surface area contributed by atoms with Crippen LogP contribution < -0.4 is 0 Å². The molecular formula is C30H44O5. The summed E-state index contributed by atoms with van der Waals surface area (Å²) in [5.41, 5.74) is 1.67. The van der Waals surface area contributed by atoms with Gasteiger partial charge in [-0.1, -0.05) is 58.4 Å². The summed E-state index contributed by atoms with van der Waals surface area (Å²) >= 11 is 0. The lowest BCUT2D eigenvalue weighted by Gasteiger charge is -2.50. The van der Waals surface area contributed by atoms with Gasteiger partial charge in [0.1, 0.15) is 11.9 Å². The maximum absolute atomic E-state index is 13.6. The van der Waals surface area contributed by atoms with E-state index in [1.165, 1.54) is 30.6 Å². The number of fused-ring (bicyclic) bond motifs is 4. The number of aliphatic hydroxyl groups is 3. The van der Waals surface area contributed by atoms with Crippen LogP contribution in [0.15, 0.2) is 34.9 Å². The molecule has 0 amide bonds. The Kier molecular flexibility index (Phi) is 6.43. The largest absolute Gasteiger partial charge is 0.392 e. The average molecular weight is 485 g/mol. The second-order valence-corrected chi connectivity index (χ2v) is 13.4. The van der Waals surface area contributed by atoms with Crippen molar-refractivity contribution in [2.45, 2.75) is 105 Å². The zero-order chi connectivity index (χ0) is 26.1. The molecular weight excluding hydrogens is 440 g/mol. The molecule has 1 fully saturated rings. The molecule has 3 N–H and O–H groups in total. The van der Waals surface area contributed by atoms with Crippen LogP contribution in [0.2, 0.25) is 0 Å². The van der Waals surface area contributed by atoms with Crippen LogP contribution in [0.4, 0.5) is 0 Å². The predicted molar refractivity (Wildman–Crippen MR) is 136 cm³/mol. The summed E-state index contributed by atoms with van der Waals surface area (Å²) in [5, 5.41) is 31.0. The summed E-state index contributed by atoms with van der Waals surface area (Å²) in [6.45, 7) is 13.6. The van der Waals surface area contributed by atoms with E-state index in [0.717, 1.165) is 19.3 Å². The van der Waals surface area contributed by atoms with Gasteiger partial charge < -0.3 is 15.3 Å². The molecule has 0 heterocycles. The molecule has 0 saturated heterocycles. The number of aliphatic hydroxyl groups excluding tert-OH is 2. The Morgan fingerprint density at radius 3 is 2.43 bits per heavy atom. The van der Waals surface area contributed by atoms with Crippen molar-refractivity contribution in [3.63, 3.8) is 0 Å². The second kappa shape index (κ2) is 8.49. The molecule has 4 rings (SSSR count). The van der Waals surface area contributed by atoms with Gasteiger partial charge >= 0.3 is 0 Å². The molecule has 0 aromatic rings. The molecule has 0 aromatic heterocycles. The summed E-state index contributed by atoms with van der Waals surface area (Å²) in [7, 11) is 0. The number of Topliss-reactive ketones (excluding diaryl/α,β-unsaturated/α-hetero) is 2. The first-order chi connectivity index (χ1) is 16.0. The Morgan fingerprint density at radius 1 is 1.14 bits per heavy atom. The molecule has 0 radical (unpaired) electrons. The van der Waals surface area contributed by atoms with Crippen LogP contribution in [0.3, 0.4) is 0 Å². The maximum atomic E-state index is 13.6. The third-order valence-electron chi connectivity index (χ3n) is 10.4. The Bertz CT molecular complexity index is 1010. The molecule has 4 aliphatic carbocycles. The molecule has 5 nitrogen and oxygen atoms in total. The molecule has 7 atom stereocenters. The standard InChI is InChI=1S/C30H44O5/c1-17(14-22(31)26(34)28(4,5)35)25-23(32)16-30(7)21-10-9-20-18(8-11-24(33)27(20,2)3)15-19(21)12-13-29(25,30)6/h8,10,12,17,20,24-26,33-35H,9,11,13-16H2,1-7H3/t17-,20-,24+,25+,26+,29-,30+/m1/s1. The van der Waals surface area contributed by atoms with Gasteiger partial charge in [0.15, 0.2) is 5.78 Å². The number of hydrogen-bond acceptors (Lipinski definition) is 5. The summed E-state index contributed by atoms with van der Waals surface area (Å²) in [4.78, 5) is 26.3. The van der Waals surface area contributed by atoms with Gasteiger partial charge in [-0.25, -0.2) is 0 Å². The molecule has 0 unspecified atom stereocenters. The Labute approximate surface area is 210 Å². The van der Waals surface area contributed by atoms with Crippen molar-refractivity contribution >= 4 is 11.6 Å². The van der Waals surface area contributed by atoms with Crippen molar-refractivity contribution in [2.75, 3.05) is 0 Å². The van der Waals surface area contributed by atoms with Crippen LogP contribution in [0.5, 0.6) is 0 Å². The van der Waals surface area contributed by atoms with Gasteiger partial charge in [-0.2, -0.15) is 0 Å². The molecule has 0 spiro atoms. The molecule has 5 heteroatoms. The first-order valence-electron chi connectivity index (χ1n) is 13.3. The fraction of sp³-hybridized carbons (Fsp3) is 0.733. The second-order valence-electron chi connectivity index (χ2n) is 13.4. The molecule has 4 aliphatic rings. The SMILES string of the molecule is C[C@H](CC(=O)[C@H](O)C(C)(C)O)[C@H]1C(=O)C[C@@]2(C)C3=CC[C@@H]4C(=CC[C@H](O)C4(C)C)CC3=CC[C@]12C. The average Bonchev–Trinajstić information content (AvgIpc) is 2.86. The molecule has 35 heavy (non-hydrogen) atoms. The van der Waals surface area contributed by atoms with Gasteiger partial charge in [0.25, 0.3) is 0 Å². The minimum absolute atomic E-state index is 0.0733. The van der Waals surface area contributed by atoms with E-state index in [1.807, 2.05) is 6.92 Å². The van der Waals surface area contributed by atoms with E-state index < -0.39 is 17.5 Å². The van der Waals surface area contributed by atoms with Crippen molar-refractivity contribution < 1.29 is 24.9 Å². The topological polar surface area (TPSA) is 94.8 Å². The van der Waals surface area contributed by atoms with E-state index in [-0.39, 0.29) is 52.3 Å². The van der Waals surface area contributed by atoms with Crippen LogP contribution in [0.1, 0.15) is 87.0 Å². The van der Waals surface area contributed by atoms with Gasteiger partial charge in [0.2, 0.25) is 0 Å². The van der Waals surface area contributed by atoms with Crippen molar-refractivity contribution in [2.24, 2.45) is 34.0 Å². The fourth-order valence-electron chi connectivity index (χ4n) is 7.85. The predicted octanol–water partition coefficient (Wildman–Crippen LogP) is 4.70. The zero-order valence-electron chi connectivity index (χ0n) is 22.5. The summed E-state index contributed by atoms with van der Waals surface area (Å²) in [5.74, 6) is -0.438. The van der Waals surface area contributed by atoms with E-state index >= 15 is 0 Å². The number of carbonyl (C=O) groups excluding carboxylic acids is 2. The quantitative estimate of drug-likeness (QED) is 0.492. The van der Waals surface area contributed by atoms with Crippen molar-refractivity contribution in [3.05, 3.63) is 34.9 Å². The van der Waals surface area contributed by atoms with Gasteiger partial charge in [-0.15, -0.1) is 0 Å². The van der Waals surface area contributed by atoms with E-state index in [2.05, 4.69) is 45.9 Å². The molecule has 1 saturated carbocycles. The Balaban J connectivity index is 1.66. The van der Waals surface area contributed by atoms with Crippen LogP contribution in [0, 0.1) is 34.0 Å². The minimum Gasteiger partial charge on any atom is -0.392 e. The molecule has 0 aromatic carbocycles. The van der Waals surface area contributed by atoms with Gasteiger partial charge in [0, 0.05) is 24.2 Å². The highest BCUT2D eigenvalue weighted by molar-refractivity contribution is 5.89. The van der Waals surface area contributed by atoms with Crippen molar-refractivity contribution in [1.82, 2.24) is 0 Å². The van der Waals surface area contributed by atoms with E-state index in [9.17, 15) is 24.9 Å². The molecule has 194 valence electrons. The van der Waals surface area contributed by atoms with Gasteiger partial charge in [-0.3, -0.25) is 9.59 Å². The molecule has 0 aliphatic heterocycles. The van der Waals surface area contributed by atoms with Crippen molar-refractivity contribution in [1.29, 1.82) is 0 Å². The molecule has 0 bridgehead atoms. The Morgan fingerprint density at radius 2 is 1.80 bits per heavy atom. The maximum Gasteiger partial charge on any atom is 0.164 e. The lowest BCUT2D eigenvalue weighted by Crippen LogP contribution is -2.45. The van der Waals surface area contributed by atoms with E-state index in [0.29, 0.717) is 12.8 Å². The first kappa shape index (κ1) is 26.5. The zero-order valence-corrected chi connectivity index (χ0v) is 22.5. The summed E-state index contributed by atoms with van der Waals surface area (Å²) < 4.78 is 0. The smallest absolute Gasteiger partial charge is 0.164 e. The third-order valence-corrected chi connectivity index (χ3v) is 10.4. The van der Waals surface area contributed by atoms with Crippen molar-refractivity contribution in [3.8, 4) is 0 Å². The number of allylic oxidation sites excluding steroid dienone is 5. The monoisotopic (exact) mass is 484 g/mol. The van der Waals surface area contributed by atoms with Crippen LogP contribution >= 0.6 is 0 Å². The third kappa shape index (κ3) is 4.02. The fourth-order valence-corrected chi connectivity index (χ4v) is 7.85. The number of ketones is 2. The highest BCUT2D eigenvalue weighted by atomic mass is 16.3.